The van der Waals surface area contributed by atoms with Crippen molar-refractivity contribution in [3.63, 3.8) is 0 Å². The first kappa shape index (κ1) is 21.6. The molecule has 172 valence electrons. The van der Waals surface area contributed by atoms with Gasteiger partial charge in [0, 0.05) is 44.8 Å². The number of fused-ring (bicyclic) bond motifs is 1. The molecule has 0 bridgehead atoms. The molecule has 4 heterocycles. The molecule has 5 rings (SSSR count). The molecule has 0 aliphatic carbocycles. The number of hydrogen-bond acceptors (Lipinski definition) is 6. The highest BCUT2D eigenvalue weighted by Gasteiger charge is 2.28. The van der Waals surface area contributed by atoms with Gasteiger partial charge in [-0.25, -0.2) is 4.98 Å². The van der Waals surface area contributed by atoms with Crippen molar-refractivity contribution >= 4 is 22.9 Å². The van der Waals surface area contributed by atoms with Crippen molar-refractivity contribution in [1.29, 1.82) is 0 Å². The maximum absolute atomic E-state index is 13.6. The summed E-state index contributed by atoms with van der Waals surface area (Å²) in [6.45, 7) is 6.55. The monoisotopic (exact) mass is 447 g/mol. The summed E-state index contributed by atoms with van der Waals surface area (Å²) in [7, 11) is 0. The fourth-order valence-electron chi connectivity index (χ4n) is 4.73. The summed E-state index contributed by atoms with van der Waals surface area (Å²) in [6.07, 6.45) is 3.41. The van der Waals surface area contributed by atoms with Crippen molar-refractivity contribution in [1.82, 2.24) is 24.8 Å². The number of benzene rings is 1. The van der Waals surface area contributed by atoms with Crippen LogP contribution in [0.15, 0.2) is 40.9 Å². The van der Waals surface area contributed by atoms with Gasteiger partial charge in [-0.15, -0.1) is 0 Å². The molecule has 0 unspecified atom stereocenters. The highest BCUT2D eigenvalue weighted by molar-refractivity contribution is 6.07. The van der Waals surface area contributed by atoms with Crippen LogP contribution in [0.4, 0.5) is 0 Å². The molecule has 1 aromatic carbocycles. The van der Waals surface area contributed by atoms with Gasteiger partial charge < -0.3 is 14.3 Å². The molecule has 2 aliphatic rings. The summed E-state index contributed by atoms with van der Waals surface area (Å²) in [6, 6.07) is 11.6. The van der Waals surface area contributed by atoms with Crippen LogP contribution < -0.4 is 0 Å². The number of nitrogens with zero attached hydrogens (tertiary/aromatic N) is 5. The second-order valence-electron chi connectivity index (χ2n) is 8.88. The van der Waals surface area contributed by atoms with Crippen LogP contribution in [-0.2, 0) is 4.79 Å². The van der Waals surface area contributed by atoms with E-state index in [-0.39, 0.29) is 11.8 Å². The Labute approximate surface area is 193 Å². The number of aryl methyl sites for hydroxylation is 1. The van der Waals surface area contributed by atoms with Gasteiger partial charge in [-0.2, -0.15) is 0 Å². The van der Waals surface area contributed by atoms with E-state index < -0.39 is 0 Å². The fraction of sp³-hybridized carbons (Fsp3) is 0.440. The van der Waals surface area contributed by atoms with Crippen LogP contribution in [0.5, 0.6) is 0 Å². The molecule has 8 nitrogen and oxygen atoms in total. The van der Waals surface area contributed by atoms with Crippen LogP contribution in [0, 0.1) is 6.92 Å². The molecular weight excluding hydrogens is 418 g/mol. The smallest absolute Gasteiger partial charge is 0.259 e. The molecule has 0 atom stereocenters. The lowest BCUT2D eigenvalue weighted by molar-refractivity contribution is -0.133. The molecule has 2 aliphatic heterocycles. The van der Waals surface area contributed by atoms with Crippen LogP contribution in [0.25, 0.3) is 22.4 Å². The van der Waals surface area contributed by atoms with E-state index >= 15 is 0 Å². The van der Waals surface area contributed by atoms with Crippen molar-refractivity contribution < 1.29 is 14.1 Å². The van der Waals surface area contributed by atoms with Gasteiger partial charge in [-0.3, -0.25) is 14.5 Å². The molecule has 33 heavy (non-hydrogen) atoms. The molecule has 2 saturated heterocycles. The minimum Gasteiger partial charge on any atom is -0.342 e. The first-order valence-electron chi connectivity index (χ1n) is 11.7. The molecule has 2 amide bonds. The summed E-state index contributed by atoms with van der Waals surface area (Å²) in [5, 5.41) is 4.72. The van der Waals surface area contributed by atoms with Crippen LogP contribution in [0.1, 0.15) is 35.3 Å². The summed E-state index contributed by atoms with van der Waals surface area (Å²) in [4.78, 5) is 36.8. The van der Waals surface area contributed by atoms with Crippen molar-refractivity contribution in [3.8, 4) is 11.3 Å². The first-order chi connectivity index (χ1) is 16.1. The van der Waals surface area contributed by atoms with Crippen LogP contribution in [0.2, 0.25) is 0 Å². The number of amides is 2. The summed E-state index contributed by atoms with van der Waals surface area (Å²) < 4.78 is 5.43. The number of carbonyl (C=O) groups excluding carboxylic acids is 2. The first-order valence-corrected chi connectivity index (χ1v) is 11.7. The fourth-order valence-corrected chi connectivity index (χ4v) is 4.73. The van der Waals surface area contributed by atoms with Gasteiger partial charge in [-0.1, -0.05) is 35.5 Å². The number of piperazine rings is 1. The van der Waals surface area contributed by atoms with Crippen molar-refractivity contribution in [2.75, 3.05) is 45.8 Å². The minimum absolute atomic E-state index is 0.0483. The average molecular weight is 448 g/mol. The van der Waals surface area contributed by atoms with E-state index in [1.54, 1.807) is 0 Å². The molecule has 8 heteroatoms. The van der Waals surface area contributed by atoms with E-state index in [0.717, 1.165) is 31.5 Å². The number of hydrogen-bond donors (Lipinski definition) is 0. The number of pyridine rings is 1. The van der Waals surface area contributed by atoms with Crippen molar-refractivity contribution in [2.24, 2.45) is 0 Å². The maximum atomic E-state index is 13.6. The van der Waals surface area contributed by atoms with Gasteiger partial charge in [-0.05, 0) is 32.3 Å². The van der Waals surface area contributed by atoms with E-state index in [9.17, 15) is 9.59 Å². The quantitative estimate of drug-likeness (QED) is 0.612. The second kappa shape index (κ2) is 9.31. The lowest BCUT2D eigenvalue weighted by Crippen LogP contribution is -2.52. The van der Waals surface area contributed by atoms with Crippen molar-refractivity contribution in [2.45, 2.75) is 26.2 Å². The number of rotatable bonds is 4. The number of piperidine rings is 1. The number of likely N-dealkylation sites (tertiary alicyclic amines) is 1. The van der Waals surface area contributed by atoms with E-state index in [1.165, 1.54) is 6.42 Å². The van der Waals surface area contributed by atoms with E-state index in [4.69, 9.17) is 4.52 Å². The Morgan fingerprint density at radius 1 is 0.939 bits per heavy atom. The Balaban J connectivity index is 1.31. The standard InChI is InChI=1S/C25H29N5O3/c1-18-23-20(16-21(26-24(23)33-27-18)19-8-4-2-5-9-19)25(32)30-14-12-28(13-15-30)17-22(31)29-10-6-3-7-11-29/h2,4-5,8-9,16H,3,6-7,10-15,17H2,1H3. The normalized spacial score (nSPS) is 17.5. The summed E-state index contributed by atoms with van der Waals surface area (Å²) in [5.74, 6) is 0.158. The van der Waals surface area contributed by atoms with Gasteiger partial charge in [0.05, 0.1) is 28.9 Å². The predicted molar refractivity (Wildman–Crippen MR) is 125 cm³/mol. The third-order valence-corrected chi connectivity index (χ3v) is 6.64. The molecule has 0 radical (unpaired) electrons. The maximum Gasteiger partial charge on any atom is 0.259 e. The lowest BCUT2D eigenvalue weighted by Gasteiger charge is -2.36. The van der Waals surface area contributed by atoms with Crippen LogP contribution in [0.3, 0.4) is 0 Å². The largest absolute Gasteiger partial charge is 0.342 e. The molecule has 0 saturated carbocycles. The Bertz CT molecular complexity index is 1150. The van der Waals surface area contributed by atoms with E-state index in [2.05, 4.69) is 15.0 Å². The molecule has 0 N–H and O–H groups in total. The number of aromatic nitrogens is 2. The average Bonchev–Trinajstić information content (AvgIpc) is 3.25. The zero-order valence-corrected chi connectivity index (χ0v) is 19.0. The van der Waals surface area contributed by atoms with Gasteiger partial charge in [0.2, 0.25) is 5.91 Å². The van der Waals surface area contributed by atoms with Gasteiger partial charge in [0.25, 0.3) is 11.6 Å². The Morgan fingerprint density at radius 3 is 2.39 bits per heavy atom. The molecule has 3 aromatic rings. The Kier molecular flexibility index (Phi) is 6.09. The van der Waals surface area contributed by atoms with Crippen LogP contribution >= 0.6 is 0 Å². The van der Waals surface area contributed by atoms with Gasteiger partial charge in [0.1, 0.15) is 0 Å². The van der Waals surface area contributed by atoms with Gasteiger partial charge in [0.15, 0.2) is 0 Å². The lowest BCUT2D eigenvalue weighted by atomic mass is 10.0. The molecule has 0 spiro atoms. The highest BCUT2D eigenvalue weighted by atomic mass is 16.5. The van der Waals surface area contributed by atoms with Crippen LogP contribution in [-0.4, -0.2) is 82.5 Å². The molecule has 2 fully saturated rings. The Morgan fingerprint density at radius 2 is 1.67 bits per heavy atom. The third kappa shape index (κ3) is 4.48. The highest BCUT2D eigenvalue weighted by Crippen LogP contribution is 2.28. The summed E-state index contributed by atoms with van der Waals surface area (Å²) in [5.41, 5.74) is 3.21. The molecule has 2 aromatic heterocycles. The SMILES string of the molecule is Cc1noc2nc(-c3ccccc3)cc(C(=O)N3CCN(CC(=O)N4CCCCC4)CC3)c12. The zero-order chi connectivity index (χ0) is 22.8. The van der Waals surface area contributed by atoms with Crippen molar-refractivity contribution in [3.05, 3.63) is 47.7 Å². The second-order valence-corrected chi connectivity index (χ2v) is 8.88. The third-order valence-electron chi connectivity index (χ3n) is 6.64. The van der Waals surface area contributed by atoms with E-state index in [0.29, 0.717) is 60.8 Å². The zero-order valence-electron chi connectivity index (χ0n) is 19.0. The molecular formula is C25H29N5O3. The predicted octanol–water partition coefficient (Wildman–Crippen LogP) is 2.97. The Hall–Kier alpha value is -3.26. The summed E-state index contributed by atoms with van der Waals surface area (Å²) >= 11 is 0. The minimum atomic E-state index is -0.0483. The number of carbonyl (C=O) groups is 2. The van der Waals surface area contributed by atoms with E-state index in [1.807, 2.05) is 53.1 Å². The van der Waals surface area contributed by atoms with Gasteiger partial charge >= 0.3 is 0 Å². The topological polar surface area (TPSA) is 82.8 Å².